The molecule has 0 bridgehead atoms. The zero-order chi connectivity index (χ0) is 25.8. The third kappa shape index (κ3) is 5.60. The standard InChI is InChI=1S/C24H21F2N7O3/c1-13(2)20-10-22(33(32-20)15-7-14(25)11-28-12-15)31-24(35)30-19-4-3-16(8-18(19)26)36-17-5-6-29-21(9-17)23(27)34/h3-13H,1-2H3,(H2,27,34)(H2,30,31,35). The van der Waals surface area contributed by atoms with E-state index >= 15 is 0 Å². The average molecular weight is 493 g/mol. The van der Waals surface area contributed by atoms with Crippen molar-refractivity contribution in [2.24, 2.45) is 5.73 Å². The van der Waals surface area contributed by atoms with Gasteiger partial charge < -0.3 is 15.8 Å². The summed E-state index contributed by atoms with van der Waals surface area (Å²) in [4.78, 5) is 31.5. The highest BCUT2D eigenvalue weighted by atomic mass is 19.1. The van der Waals surface area contributed by atoms with Gasteiger partial charge in [0.25, 0.3) is 5.91 Å². The maximum Gasteiger partial charge on any atom is 0.324 e. The van der Waals surface area contributed by atoms with E-state index in [-0.39, 0.29) is 34.6 Å². The zero-order valence-electron chi connectivity index (χ0n) is 19.2. The third-order valence-electron chi connectivity index (χ3n) is 4.90. The van der Waals surface area contributed by atoms with Gasteiger partial charge >= 0.3 is 6.03 Å². The van der Waals surface area contributed by atoms with E-state index in [1.165, 1.54) is 47.4 Å². The molecule has 3 amide bonds. The fourth-order valence-electron chi connectivity index (χ4n) is 3.16. The predicted octanol–water partition coefficient (Wildman–Crippen LogP) is 4.60. The Morgan fingerprint density at radius 1 is 1.03 bits per heavy atom. The van der Waals surface area contributed by atoms with Gasteiger partial charge in [0.05, 0.1) is 29.5 Å². The summed E-state index contributed by atoms with van der Waals surface area (Å²) >= 11 is 0. The van der Waals surface area contributed by atoms with E-state index in [9.17, 15) is 18.4 Å². The van der Waals surface area contributed by atoms with Crippen molar-refractivity contribution in [1.82, 2.24) is 19.7 Å². The lowest BCUT2D eigenvalue weighted by Gasteiger charge is -2.12. The highest BCUT2D eigenvalue weighted by Gasteiger charge is 2.16. The summed E-state index contributed by atoms with van der Waals surface area (Å²) in [5.74, 6) is -1.43. The number of nitrogens with two attached hydrogens (primary N) is 1. The van der Waals surface area contributed by atoms with E-state index in [2.05, 4.69) is 25.7 Å². The Kier molecular flexibility index (Phi) is 6.86. The van der Waals surface area contributed by atoms with Crippen LogP contribution < -0.4 is 21.1 Å². The van der Waals surface area contributed by atoms with Crippen LogP contribution in [-0.2, 0) is 0 Å². The lowest BCUT2D eigenvalue weighted by atomic mass is 10.1. The van der Waals surface area contributed by atoms with Crippen LogP contribution in [-0.4, -0.2) is 31.7 Å². The van der Waals surface area contributed by atoms with Gasteiger partial charge in [-0.15, -0.1) is 0 Å². The maximum atomic E-state index is 14.7. The Balaban J connectivity index is 1.49. The van der Waals surface area contributed by atoms with Crippen LogP contribution in [0.25, 0.3) is 5.69 Å². The number of nitrogens with zero attached hydrogens (tertiary/aromatic N) is 4. The highest BCUT2D eigenvalue weighted by molar-refractivity contribution is 5.99. The van der Waals surface area contributed by atoms with Gasteiger partial charge in [-0.1, -0.05) is 13.8 Å². The van der Waals surface area contributed by atoms with Crippen molar-refractivity contribution in [3.05, 3.63) is 84.1 Å². The van der Waals surface area contributed by atoms with E-state index < -0.39 is 23.6 Å². The smallest absolute Gasteiger partial charge is 0.324 e. The van der Waals surface area contributed by atoms with Crippen LogP contribution >= 0.6 is 0 Å². The molecule has 0 unspecified atom stereocenters. The van der Waals surface area contributed by atoms with Crippen molar-refractivity contribution in [1.29, 1.82) is 0 Å². The second-order valence-corrected chi connectivity index (χ2v) is 7.95. The molecule has 36 heavy (non-hydrogen) atoms. The molecule has 0 aliphatic carbocycles. The molecule has 0 spiro atoms. The van der Waals surface area contributed by atoms with Crippen LogP contribution in [0.5, 0.6) is 11.5 Å². The molecule has 3 aromatic heterocycles. The fraction of sp³-hybridized carbons (Fsp3) is 0.125. The number of pyridine rings is 2. The monoisotopic (exact) mass is 493 g/mol. The maximum absolute atomic E-state index is 14.7. The van der Waals surface area contributed by atoms with Gasteiger partial charge in [-0.3, -0.25) is 20.1 Å². The van der Waals surface area contributed by atoms with Crippen molar-refractivity contribution in [2.75, 3.05) is 10.6 Å². The van der Waals surface area contributed by atoms with Crippen molar-refractivity contribution in [2.45, 2.75) is 19.8 Å². The van der Waals surface area contributed by atoms with Gasteiger partial charge in [0, 0.05) is 30.5 Å². The van der Waals surface area contributed by atoms with E-state index in [1.54, 1.807) is 6.07 Å². The van der Waals surface area contributed by atoms with E-state index in [0.29, 0.717) is 11.4 Å². The van der Waals surface area contributed by atoms with Gasteiger partial charge in [-0.05, 0) is 24.1 Å². The lowest BCUT2D eigenvalue weighted by molar-refractivity contribution is 0.0995. The number of carbonyl (C=O) groups is 2. The number of amides is 3. The molecule has 1 aromatic carbocycles. The summed E-state index contributed by atoms with van der Waals surface area (Å²) in [7, 11) is 0. The van der Waals surface area contributed by atoms with Crippen molar-refractivity contribution < 1.29 is 23.1 Å². The molecule has 0 atom stereocenters. The lowest BCUT2D eigenvalue weighted by Crippen LogP contribution is -2.22. The number of rotatable bonds is 7. The molecule has 0 aliphatic rings. The summed E-state index contributed by atoms with van der Waals surface area (Å²) in [6, 6.07) is 8.73. The SMILES string of the molecule is CC(C)c1cc(NC(=O)Nc2ccc(Oc3ccnc(C(N)=O)c3)cc2F)n(-c2cncc(F)c2)n1. The first-order valence-corrected chi connectivity index (χ1v) is 10.7. The Hall–Kier alpha value is -4.87. The van der Waals surface area contributed by atoms with Gasteiger partial charge in [-0.25, -0.2) is 18.3 Å². The number of aromatic nitrogens is 4. The molecule has 12 heteroatoms. The average Bonchev–Trinajstić information content (AvgIpc) is 3.25. The normalized spacial score (nSPS) is 10.8. The summed E-state index contributed by atoms with van der Waals surface area (Å²) in [5.41, 5.74) is 6.04. The third-order valence-corrected chi connectivity index (χ3v) is 4.90. The molecule has 10 nitrogen and oxygen atoms in total. The molecule has 3 heterocycles. The molecular weight excluding hydrogens is 472 g/mol. The largest absolute Gasteiger partial charge is 0.457 e. The van der Waals surface area contributed by atoms with Crippen molar-refractivity contribution >= 4 is 23.4 Å². The Morgan fingerprint density at radius 2 is 1.81 bits per heavy atom. The quantitative estimate of drug-likeness (QED) is 0.344. The molecule has 0 saturated carbocycles. The zero-order valence-corrected chi connectivity index (χ0v) is 19.2. The molecule has 4 rings (SSSR count). The van der Waals surface area contributed by atoms with Crippen LogP contribution in [0.15, 0.2) is 61.1 Å². The first kappa shape index (κ1) is 24.3. The second-order valence-electron chi connectivity index (χ2n) is 7.95. The molecule has 0 aliphatic heterocycles. The highest BCUT2D eigenvalue weighted by Crippen LogP contribution is 2.27. The number of nitrogens with one attached hydrogen (secondary N) is 2. The van der Waals surface area contributed by atoms with Crippen LogP contribution in [0.1, 0.15) is 35.9 Å². The van der Waals surface area contributed by atoms with E-state index in [4.69, 9.17) is 10.5 Å². The number of halogens is 2. The van der Waals surface area contributed by atoms with Gasteiger partial charge in [0.1, 0.15) is 34.6 Å². The number of hydrogen-bond acceptors (Lipinski definition) is 6. The molecule has 0 radical (unpaired) electrons. The summed E-state index contributed by atoms with van der Waals surface area (Å²) in [6.07, 6.45) is 3.79. The number of anilines is 2. The second kappa shape index (κ2) is 10.2. The minimum absolute atomic E-state index is 0.00295. The molecule has 0 fully saturated rings. The van der Waals surface area contributed by atoms with E-state index in [1.807, 2.05) is 13.8 Å². The summed E-state index contributed by atoms with van der Waals surface area (Å²) in [6.45, 7) is 3.83. The van der Waals surface area contributed by atoms with Crippen molar-refractivity contribution in [3.63, 3.8) is 0 Å². The molecule has 4 N–H and O–H groups in total. The first-order chi connectivity index (χ1) is 17.2. The number of carbonyl (C=O) groups excluding carboxylic acids is 2. The number of hydrogen-bond donors (Lipinski definition) is 3. The van der Waals surface area contributed by atoms with E-state index in [0.717, 1.165) is 12.3 Å². The predicted molar refractivity (Wildman–Crippen MR) is 127 cm³/mol. The number of benzene rings is 1. The number of urea groups is 1. The number of ether oxygens (including phenoxy) is 1. The minimum atomic E-state index is -0.766. The van der Waals surface area contributed by atoms with Crippen LogP contribution in [0, 0.1) is 11.6 Å². The minimum Gasteiger partial charge on any atom is -0.457 e. The summed E-state index contributed by atoms with van der Waals surface area (Å²) in [5, 5.41) is 9.43. The van der Waals surface area contributed by atoms with Gasteiger partial charge in [-0.2, -0.15) is 5.10 Å². The first-order valence-electron chi connectivity index (χ1n) is 10.7. The van der Waals surface area contributed by atoms with Crippen LogP contribution in [0.2, 0.25) is 0 Å². The summed E-state index contributed by atoms with van der Waals surface area (Å²) < 4.78 is 35.3. The topological polar surface area (TPSA) is 137 Å². The van der Waals surface area contributed by atoms with Gasteiger partial charge in [0.2, 0.25) is 0 Å². The van der Waals surface area contributed by atoms with Gasteiger partial charge in [0.15, 0.2) is 0 Å². The molecule has 4 aromatic rings. The Morgan fingerprint density at radius 3 is 2.50 bits per heavy atom. The fourth-order valence-corrected chi connectivity index (χ4v) is 3.16. The molecule has 0 saturated heterocycles. The van der Waals surface area contributed by atoms with Crippen LogP contribution in [0.3, 0.4) is 0 Å². The Bertz CT molecular complexity index is 1440. The number of primary amides is 1. The molecule has 184 valence electrons. The van der Waals surface area contributed by atoms with Crippen LogP contribution in [0.4, 0.5) is 25.1 Å². The Labute approximate surface area is 204 Å². The molecular formula is C24H21F2N7O3. The van der Waals surface area contributed by atoms with Crippen molar-refractivity contribution in [3.8, 4) is 17.2 Å².